The number of nitrogens with zero attached hydrogens (tertiary/aromatic N) is 1. The van der Waals surface area contributed by atoms with E-state index in [1.165, 1.54) is 0 Å². The highest BCUT2D eigenvalue weighted by Gasteiger charge is 2.08. The van der Waals surface area contributed by atoms with Crippen LogP contribution in [0.15, 0.2) is 12.3 Å². The van der Waals surface area contributed by atoms with Gasteiger partial charge < -0.3 is 9.84 Å². The molecule has 0 aromatic carbocycles. The van der Waals surface area contributed by atoms with Gasteiger partial charge in [0.15, 0.2) is 5.75 Å². The molecule has 0 spiro atoms. The second-order valence-corrected chi connectivity index (χ2v) is 3.66. The van der Waals surface area contributed by atoms with Crippen LogP contribution in [-0.2, 0) is 11.4 Å². The molecular weight excluding hydrogens is 206 g/mol. The van der Waals surface area contributed by atoms with E-state index in [4.69, 9.17) is 9.84 Å². The summed E-state index contributed by atoms with van der Waals surface area (Å²) < 4.78 is 5.18. The summed E-state index contributed by atoms with van der Waals surface area (Å²) in [4.78, 5) is 15.5. The number of ether oxygens (including phenoxy) is 1. The molecular formula is C12H17NO3. The largest absolute Gasteiger partial charge is 0.425 e. The number of pyridine rings is 1. The van der Waals surface area contributed by atoms with Crippen LogP contribution in [0.4, 0.5) is 0 Å². The normalized spacial score (nSPS) is 10.2. The smallest absolute Gasteiger partial charge is 0.311 e. The van der Waals surface area contributed by atoms with Gasteiger partial charge in [-0.25, -0.2) is 0 Å². The fourth-order valence-electron chi connectivity index (χ4n) is 1.24. The Morgan fingerprint density at radius 1 is 1.56 bits per heavy atom. The van der Waals surface area contributed by atoms with Crippen molar-refractivity contribution in [3.05, 3.63) is 23.5 Å². The summed E-state index contributed by atoms with van der Waals surface area (Å²) in [5, 5.41) is 8.95. The molecule has 16 heavy (non-hydrogen) atoms. The molecule has 0 radical (unpaired) electrons. The molecule has 1 N–H and O–H groups in total. The Bertz CT molecular complexity index is 363. The van der Waals surface area contributed by atoms with Gasteiger partial charge in [-0.2, -0.15) is 0 Å². The van der Waals surface area contributed by atoms with E-state index in [2.05, 4.69) is 4.98 Å². The number of hydrogen-bond acceptors (Lipinski definition) is 4. The third-order valence-electron chi connectivity index (χ3n) is 2.24. The Balaban J connectivity index is 2.68. The molecule has 0 aliphatic heterocycles. The summed E-state index contributed by atoms with van der Waals surface area (Å²) in [5.74, 6) is 0.189. The van der Waals surface area contributed by atoms with E-state index in [1.807, 2.05) is 6.92 Å². The topological polar surface area (TPSA) is 59.4 Å². The van der Waals surface area contributed by atoms with Gasteiger partial charge in [0.25, 0.3) is 0 Å². The number of esters is 1. The minimum atomic E-state index is -0.248. The predicted octanol–water partition coefficient (Wildman–Crippen LogP) is 1.98. The molecule has 88 valence electrons. The highest BCUT2D eigenvalue weighted by molar-refractivity contribution is 5.72. The van der Waals surface area contributed by atoms with Crippen LogP contribution in [0.5, 0.6) is 5.75 Å². The summed E-state index contributed by atoms with van der Waals surface area (Å²) in [6.45, 7) is 3.68. The lowest BCUT2D eigenvalue weighted by molar-refractivity contribution is -0.134. The van der Waals surface area contributed by atoms with Crippen LogP contribution in [0.25, 0.3) is 0 Å². The number of rotatable bonds is 5. The van der Waals surface area contributed by atoms with Crippen LogP contribution < -0.4 is 4.74 Å². The van der Waals surface area contributed by atoms with Crippen molar-refractivity contribution in [2.75, 3.05) is 0 Å². The second kappa shape index (κ2) is 6.23. The maximum Gasteiger partial charge on any atom is 0.311 e. The van der Waals surface area contributed by atoms with E-state index < -0.39 is 0 Å². The number of aryl methyl sites for hydroxylation is 1. The third-order valence-corrected chi connectivity index (χ3v) is 2.24. The molecule has 1 aromatic heterocycles. The summed E-state index contributed by atoms with van der Waals surface area (Å²) in [6, 6.07) is 1.65. The molecule has 0 saturated heterocycles. The Labute approximate surface area is 95.3 Å². The predicted molar refractivity (Wildman–Crippen MR) is 60.1 cm³/mol. The zero-order valence-electron chi connectivity index (χ0n) is 9.69. The quantitative estimate of drug-likeness (QED) is 0.775. The summed E-state index contributed by atoms with van der Waals surface area (Å²) in [5.41, 5.74) is 1.30. The van der Waals surface area contributed by atoms with Gasteiger partial charge in [-0.3, -0.25) is 9.78 Å². The highest BCUT2D eigenvalue weighted by Crippen LogP contribution is 2.18. The first kappa shape index (κ1) is 12.6. The number of aromatic nitrogens is 1. The molecule has 0 fully saturated rings. The second-order valence-electron chi connectivity index (χ2n) is 3.66. The Kier molecular flexibility index (Phi) is 4.92. The lowest BCUT2D eigenvalue weighted by atomic mass is 10.2. The molecule has 1 rings (SSSR count). The van der Waals surface area contributed by atoms with E-state index in [0.29, 0.717) is 23.4 Å². The van der Waals surface area contributed by atoms with Crippen molar-refractivity contribution in [2.45, 2.75) is 39.7 Å². The molecule has 0 aliphatic carbocycles. The van der Waals surface area contributed by atoms with Gasteiger partial charge in [-0.05, 0) is 25.0 Å². The van der Waals surface area contributed by atoms with Crippen molar-refractivity contribution >= 4 is 5.97 Å². The van der Waals surface area contributed by atoms with E-state index in [-0.39, 0.29) is 12.6 Å². The van der Waals surface area contributed by atoms with Crippen molar-refractivity contribution in [3.8, 4) is 5.75 Å². The van der Waals surface area contributed by atoms with E-state index in [9.17, 15) is 4.79 Å². The van der Waals surface area contributed by atoms with Crippen LogP contribution in [0.3, 0.4) is 0 Å². The number of carbonyl (C=O) groups is 1. The molecule has 0 bridgehead atoms. The first-order valence-electron chi connectivity index (χ1n) is 5.44. The number of aliphatic hydroxyl groups is 1. The average molecular weight is 223 g/mol. The van der Waals surface area contributed by atoms with E-state index >= 15 is 0 Å². The van der Waals surface area contributed by atoms with Gasteiger partial charge in [0.1, 0.15) is 0 Å². The third kappa shape index (κ3) is 3.62. The molecule has 0 amide bonds. The lowest BCUT2D eigenvalue weighted by Crippen LogP contribution is -2.09. The fraction of sp³-hybridized carbons (Fsp3) is 0.500. The first-order valence-corrected chi connectivity index (χ1v) is 5.44. The van der Waals surface area contributed by atoms with Gasteiger partial charge >= 0.3 is 5.97 Å². The molecule has 1 heterocycles. The van der Waals surface area contributed by atoms with Crippen molar-refractivity contribution in [1.29, 1.82) is 0 Å². The summed E-state index contributed by atoms with van der Waals surface area (Å²) >= 11 is 0. The van der Waals surface area contributed by atoms with Crippen molar-refractivity contribution in [2.24, 2.45) is 0 Å². The first-order chi connectivity index (χ1) is 7.67. The summed E-state index contributed by atoms with van der Waals surface area (Å²) in [7, 11) is 0. The number of hydrogen-bond donors (Lipinski definition) is 1. The van der Waals surface area contributed by atoms with Crippen LogP contribution in [0.1, 0.15) is 37.4 Å². The standard InChI is InChI=1S/C12H17NO3/c1-3-4-5-12(15)16-11-6-10(8-14)7-13-9(11)2/h6-7,14H,3-5,8H2,1-2H3. The number of aliphatic hydroxyl groups excluding tert-OH is 1. The molecule has 4 heteroatoms. The van der Waals surface area contributed by atoms with Gasteiger partial charge in [0.2, 0.25) is 0 Å². The SMILES string of the molecule is CCCCC(=O)Oc1cc(CO)cnc1C. The highest BCUT2D eigenvalue weighted by atomic mass is 16.5. The van der Waals surface area contributed by atoms with Crippen LogP contribution in [0.2, 0.25) is 0 Å². The molecule has 1 aromatic rings. The minimum Gasteiger partial charge on any atom is -0.425 e. The number of carbonyl (C=O) groups excluding carboxylic acids is 1. The Morgan fingerprint density at radius 2 is 2.31 bits per heavy atom. The van der Waals surface area contributed by atoms with Crippen LogP contribution >= 0.6 is 0 Å². The zero-order chi connectivity index (χ0) is 12.0. The molecule has 0 atom stereocenters. The Hall–Kier alpha value is -1.42. The van der Waals surface area contributed by atoms with Gasteiger partial charge in [-0.1, -0.05) is 13.3 Å². The summed E-state index contributed by atoms with van der Waals surface area (Å²) in [6.07, 6.45) is 3.77. The minimum absolute atomic E-state index is 0.104. The fourth-order valence-corrected chi connectivity index (χ4v) is 1.24. The molecule has 4 nitrogen and oxygen atoms in total. The van der Waals surface area contributed by atoms with Gasteiger partial charge in [0.05, 0.1) is 12.3 Å². The van der Waals surface area contributed by atoms with Gasteiger partial charge in [0, 0.05) is 12.6 Å². The Morgan fingerprint density at radius 3 is 2.94 bits per heavy atom. The lowest BCUT2D eigenvalue weighted by Gasteiger charge is -2.07. The monoisotopic (exact) mass is 223 g/mol. The zero-order valence-corrected chi connectivity index (χ0v) is 9.69. The van der Waals surface area contributed by atoms with Crippen LogP contribution in [-0.4, -0.2) is 16.1 Å². The maximum atomic E-state index is 11.4. The molecule has 0 saturated carbocycles. The maximum absolute atomic E-state index is 11.4. The van der Waals surface area contributed by atoms with E-state index in [0.717, 1.165) is 12.8 Å². The van der Waals surface area contributed by atoms with Gasteiger partial charge in [-0.15, -0.1) is 0 Å². The average Bonchev–Trinajstić information content (AvgIpc) is 2.29. The van der Waals surface area contributed by atoms with E-state index in [1.54, 1.807) is 19.2 Å². The molecule has 0 unspecified atom stereocenters. The molecule has 0 aliphatic rings. The van der Waals surface area contributed by atoms with Crippen molar-refractivity contribution < 1.29 is 14.6 Å². The van der Waals surface area contributed by atoms with Crippen molar-refractivity contribution in [3.63, 3.8) is 0 Å². The van der Waals surface area contributed by atoms with Crippen molar-refractivity contribution in [1.82, 2.24) is 4.98 Å². The van der Waals surface area contributed by atoms with Crippen LogP contribution in [0, 0.1) is 6.92 Å². The number of unbranched alkanes of at least 4 members (excludes halogenated alkanes) is 1.